The van der Waals surface area contributed by atoms with Gasteiger partial charge >= 0.3 is 0 Å². The lowest BCUT2D eigenvalue weighted by atomic mass is 10.0. The first-order valence-corrected chi connectivity index (χ1v) is 6.77. The summed E-state index contributed by atoms with van der Waals surface area (Å²) in [6.45, 7) is 8.99. The molecule has 3 atom stereocenters. The Morgan fingerprint density at radius 1 is 1.32 bits per heavy atom. The second-order valence-electron chi connectivity index (χ2n) is 5.50. The van der Waals surface area contributed by atoms with Gasteiger partial charge in [-0.3, -0.25) is 0 Å². The lowest BCUT2D eigenvalue weighted by molar-refractivity contribution is -0.00538. The van der Waals surface area contributed by atoms with Crippen molar-refractivity contribution >= 4 is 5.69 Å². The molecule has 0 spiro atoms. The molecule has 1 aliphatic heterocycles. The van der Waals surface area contributed by atoms with Crippen molar-refractivity contribution in [2.75, 3.05) is 18.0 Å². The average Bonchev–Trinajstić information content (AvgIpc) is 2.30. The minimum Gasteiger partial charge on any atom is -0.389 e. The van der Waals surface area contributed by atoms with Crippen molar-refractivity contribution in [3.8, 4) is 0 Å². The molecule has 1 aliphatic rings. The van der Waals surface area contributed by atoms with E-state index in [2.05, 4.69) is 4.90 Å². The van der Waals surface area contributed by atoms with Crippen molar-refractivity contribution in [2.24, 2.45) is 0 Å². The Labute approximate surface area is 114 Å². The number of rotatable bonds is 2. The standard InChI is InChI=1S/C15H22FNO2/c1-9-5-15(13(12(4)18)6-14(9)16)17-7-10(2)19-11(3)8-17/h5-6,10-12,18H,7-8H2,1-4H3/t10-,11+,12-/m1/s1. The van der Waals surface area contributed by atoms with E-state index in [4.69, 9.17) is 4.74 Å². The van der Waals surface area contributed by atoms with Crippen molar-refractivity contribution in [1.82, 2.24) is 0 Å². The van der Waals surface area contributed by atoms with Crippen molar-refractivity contribution in [1.29, 1.82) is 0 Å². The van der Waals surface area contributed by atoms with Crippen LogP contribution in [0.4, 0.5) is 10.1 Å². The van der Waals surface area contributed by atoms with E-state index >= 15 is 0 Å². The quantitative estimate of drug-likeness (QED) is 0.894. The van der Waals surface area contributed by atoms with Crippen LogP contribution in [0.3, 0.4) is 0 Å². The normalized spacial score (nSPS) is 25.5. The molecule has 0 saturated carbocycles. The number of aliphatic hydroxyl groups is 1. The molecule has 4 heteroatoms. The van der Waals surface area contributed by atoms with E-state index in [0.717, 1.165) is 18.8 Å². The topological polar surface area (TPSA) is 32.7 Å². The van der Waals surface area contributed by atoms with Crippen molar-refractivity contribution in [3.63, 3.8) is 0 Å². The maximum absolute atomic E-state index is 13.7. The van der Waals surface area contributed by atoms with Crippen molar-refractivity contribution in [2.45, 2.75) is 46.0 Å². The number of ether oxygens (including phenoxy) is 1. The van der Waals surface area contributed by atoms with Gasteiger partial charge in [0.2, 0.25) is 0 Å². The third-order valence-electron chi connectivity index (χ3n) is 3.52. The molecule has 0 unspecified atom stereocenters. The molecule has 106 valence electrons. The van der Waals surface area contributed by atoms with Gasteiger partial charge in [0.05, 0.1) is 18.3 Å². The van der Waals surface area contributed by atoms with Crippen LogP contribution in [-0.2, 0) is 4.74 Å². The molecule has 0 aliphatic carbocycles. The lowest BCUT2D eigenvalue weighted by Crippen LogP contribution is -2.46. The molecule has 19 heavy (non-hydrogen) atoms. The van der Waals surface area contributed by atoms with Crippen molar-refractivity contribution in [3.05, 3.63) is 29.1 Å². The number of aryl methyl sites for hydroxylation is 1. The Hall–Kier alpha value is -1.13. The summed E-state index contributed by atoms with van der Waals surface area (Å²) in [4.78, 5) is 2.17. The van der Waals surface area contributed by atoms with Crippen LogP contribution in [0.1, 0.15) is 38.0 Å². The minimum atomic E-state index is -0.682. The molecule has 3 nitrogen and oxygen atoms in total. The second-order valence-corrected chi connectivity index (χ2v) is 5.50. The highest BCUT2D eigenvalue weighted by Crippen LogP contribution is 2.31. The summed E-state index contributed by atoms with van der Waals surface area (Å²) in [5, 5.41) is 9.86. The zero-order valence-corrected chi connectivity index (χ0v) is 12.0. The van der Waals surface area contributed by atoms with E-state index in [1.165, 1.54) is 6.07 Å². The molecule has 1 fully saturated rings. The number of morpholine rings is 1. The van der Waals surface area contributed by atoms with Gasteiger partial charge < -0.3 is 14.7 Å². The summed E-state index contributed by atoms with van der Waals surface area (Å²) in [7, 11) is 0. The number of anilines is 1. The monoisotopic (exact) mass is 267 g/mol. The zero-order chi connectivity index (χ0) is 14.2. The summed E-state index contributed by atoms with van der Waals surface area (Å²) in [6.07, 6.45) is -0.412. The molecule has 1 heterocycles. The van der Waals surface area contributed by atoms with Gasteiger partial charge in [0.1, 0.15) is 5.82 Å². The molecular formula is C15H22FNO2. The van der Waals surface area contributed by atoms with Gasteiger partial charge in [0.15, 0.2) is 0 Å². The number of nitrogens with zero attached hydrogens (tertiary/aromatic N) is 1. The molecule has 0 bridgehead atoms. The highest BCUT2D eigenvalue weighted by Gasteiger charge is 2.25. The van der Waals surface area contributed by atoms with E-state index in [-0.39, 0.29) is 18.0 Å². The predicted octanol–water partition coefficient (Wildman–Crippen LogP) is 2.80. The van der Waals surface area contributed by atoms with Crippen LogP contribution < -0.4 is 4.90 Å². The van der Waals surface area contributed by atoms with Gasteiger partial charge in [-0.25, -0.2) is 4.39 Å². The van der Waals surface area contributed by atoms with Crippen LogP contribution in [0.2, 0.25) is 0 Å². The van der Waals surface area contributed by atoms with Crippen molar-refractivity contribution < 1.29 is 14.2 Å². The SMILES string of the molecule is Cc1cc(N2C[C@@H](C)O[C@@H](C)C2)c([C@@H](C)O)cc1F. The van der Waals surface area contributed by atoms with Crippen LogP contribution in [0.15, 0.2) is 12.1 Å². The van der Waals surface area contributed by atoms with Crippen LogP contribution in [0.5, 0.6) is 0 Å². The summed E-state index contributed by atoms with van der Waals surface area (Å²) >= 11 is 0. The molecule has 0 aromatic heterocycles. The molecular weight excluding hydrogens is 245 g/mol. The molecule has 1 saturated heterocycles. The smallest absolute Gasteiger partial charge is 0.126 e. The average molecular weight is 267 g/mol. The Balaban J connectivity index is 2.40. The third-order valence-corrected chi connectivity index (χ3v) is 3.52. The van der Waals surface area contributed by atoms with Gasteiger partial charge in [0.25, 0.3) is 0 Å². The van der Waals surface area contributed by atoms with Crippen LogP contribution in [0, 0.1) is 12.7 Å². The molecule has 0 radical (unpaired) electrons. The van der Waals surface area contributed by atoms with E-state index in [1.54, 1.807) is 13.8 Å². The molecule has 1 N–H and O–H groups in total. The molecule has 0 amide bonds. The lowest BCUT2D eigenvalue weighted by Gasteiger charge is -2.38. The van der Waals surface area contributed by atoms with Gasteiger partial charge in [-0.15, -0.1) is 0 Å². The number of hydrogen-bond acceptors (Lipinski definition) is 3. The number of hydrogen-bond donors (Lipinski definition) is 1. The largest absolute Gasteiger partial charge is 0.389 e. The Morgan fingerprint density at radius 2 is 1.89 bits per heavy atom. The Morgan fingerprint density at radius 3 is 2.42 bits per heavy atom. The van der Waals surface area contributed by atoms with E-state index in [9.17, 15) is 9.50 Å². The summed E-state index contributed by atoms with van der Waals surface area (Å²) in [6, 6.07) is 3.27. The fourth-order valence-electron chi connectivity index (χ4n) is 2.66. The first-order chi connectivity index (χ1) is 8.88. The minimum absolute atomic E-state index is 0.135. The van der Waals surface area contributed by atoms with E-state index < -0.39 is 6.10 Å². The number of benzene rings is 1. The van der Waals surface area contributed by atoms with Crippen LogP contribution in [0.25, 0.3) is 0 Å². The first-order valence-electron chi connectivity index (χ1n) is 6.77. The maximum Gasteiger partial charge on any atom is 0.126 e. The highest BCUT2D eigenvalue weighted by molar-refractivity contribution is 5.57. The van der Waals surface area contributed by atoms with E-state index in [1.807, 2.05) is 19.9 Å². The fraction of sp³-hybridized carbons (Fsp3) is 0.600. The fourth-order valence-corrected chi connectivity index (χ4v) is 2.66. The third kappa shape index (κ3) is 3.07. The summed E-state index contributed by atoms with van der Waals surface area (Å²) in [5.41, 5.74) is 2.16. The van der Waals surface area contributed by atoms with Gasteiger partial charge in [-0.2, -0.15) is 0 Å². The maximum atomic E-state index is 13.7. The predicted molar refractivity (Wildman–Crippen MR) is 74.0 cm³/mol. The first kappa shape index (κ1) is 14.3. The number of halogens is 1. The molecule has 1 aromatic carbocycles. The van der Waals surface area contributed by atoms with Crippen LogP contribution >= 0.6 is 0 Å². The van der Waals surface area contributed by atoms with Crippen LogP contribution in [-0.4, -0.2) is 30.4 Å². The Kier molecular flexibility index (Phi) is 4.11. The van der Waals surface area contributed by atoms with Gasteiger partial charge in [0, 0.05) is 24.3 Å². The van der Waals surface area contributed by atoms with Gasteiger partial charge in [-0.05, 0) is 45.4 Å². The second kappa shape index (κ2) is 5.47. The number of aliphatic hydroxyl groups excluding tert-OH is 1. The van der Waals surface area contributed by atoms with Gasteiger partial charge in [-0.1, -0.05) is 0 Å². The van der Waals surface area contributed by atoms with E-state index in [0.29, 0.717) is 11.1 Å². The Bertz CT molecular complexity index is 452. The highest BCUT2D eigenvalue weighted by atomic mass is 19.1. The zero-order valence-electron chi connectivity index (χ0n) is 12.0. The summed E-state index contributed by atoms with van der Waals surface area (Å²) < 4.78 is 19.4. The molecule has 2 rings (SSSR count). The summed E-state index contributed by atoms with van der Waals surface area (Å²) in [5.74, 6) is -0.269. The molecule has 1 aromatic rings.